The van der Waals surface area contributed by atoms with Crippen molar-refractivity contribution in [3.05, 3.63) is 96.2 Å². The van der Waals surface area contributed by atoms with Crippen molar-refractivity contribution in [2.45, 2.75) is 10.9 Å². The maximum Gasteiger partial charge on any atom is 0.264 e. The van der Waals surface area contributed by atoms with Crippen LogP contribution in [0.4, 0.5) is 10.1 Å². The van der Waals surface area contributed by atoms with Gasteiger partial charge < -0.3 is 10.2 Å². The first-order valence-corrected chi connectivity index (χ1v) is 13.0. The number of benzene rings is 2. The molecule has 0 radical (unpaired) electrons. The topological polar surface area (TPSA) is 121 Å². The molecule has 2 aromatic heterocycles. The van der Waals surface area contributed by atoms with Crippen molar-refractivity contribution in [2.75, 3.05) is 24.4 Å². The molecule has 0 bridgehead atoms. The third-order valence-electron chi connectivity index (χ3n) is 6.12. The van der Waals surface area contributed by atoms with E-state index in [1.807, 2.05) is 0 Å². The summed E-state index contributed by atoms with van der Waals surface area (Å²) in [5.74, 6) is -1.70. The van der Waals surface area contributed by atoms with Gasteiger partial charge in [0.25, 0.3) is 15.9 Å². The number of amides is 1. The summed E-state index contributed by atoms with van der Waals surface area (Å²) < 4.78 is 43.4. The van der Waals surface area contributed by atoms with E-state index in [4.69, 9.17) is 0 Å². The minimum absolute atomic E-state index is 0.00158. The van der Waals surface area contributed by atoms with Crippen LogP contribution >= 0.6 is 0 Å². The van der Waals surface area contributed by atoms with Gasteiger partial charge in [0, 0.05) is 54.7 Å². The number of carbonyl (C=O) groups excluding carboxylic acids is 2. The average Bonchev–Trinajstić information content (AvgIpc) is 2.93. The largest absolute Gasteiger partial charge is 0.326 e. The van der Waals surface area contributed by atoms with E-state index in [1.54, 1.807) is 36.4 Å². The number of nitrogens with zero attached hydrogens (tertiary/aromatic N) is 3. The van der Waals surface area contributed by atoms with Crippen LogP contribution in [-0.4, -0.2) is 60.7 Å². The van der Waals surface area contributed by atoms with Gasteiger partial charge in [-0.25, -0.2) is 12.8 Å². The number of aromatic nitrogens is 2. The van der Waals surface area contributed by atoms with E-state index >= 15 is 4.39 Å². The first kappa shape index (κ1) is 24.5. The van der Waals surface area contributed by atoms with E-state index in [0.717, 1.165) is 6.07 Å². The number of piperazine rings is 1. The number of ketones is 1. The lowest BCUT2D eigenvalue weighted by atomic mass is 10.0. The number of nitrogens with one attached hydrogen (secondary N) is 2. The highest BCUT2D eigenvalue weighted by molar-refractivity contribution is 7.93. The van der Waals surface area contributed by atoms with Crippen LogP contribution in [0.15, 0.2) is 84.1 Å². The SMILES string of the molecule is O=C(c1ccncc1)C1CNCCN1C(=O)c1ccc(NS(=O)(=O)c2cccc3cccnc23)c(F)c1. The number of anilines is 1. The van der Waals surface area contributed by atoms with Crippen molar-refractivity contribution in [3.63, 3.8) is 0 Å². The zero-order valence-corrected chi connectivity index (χ0v) is 20.3. The van der Waals surface area contributed by atoms with Gasteiger partial charge in [0.15, 0.2) is 5.78 Å². The van der Waals surface area contributed by atoms with E-state index in [0.29, 0.717) is 17.5 Å². The summed E-state index contributed by atoms with van der Waals surface area (Å²) in [6.45, 7) is 0.988. The standard InChI is InChI=1S/C26H22FN5O4S/c27-20-15-19(26(34)32-14-13-29-16-22(32)25(33)18-8-11-28-12-9-18)6-7-21(20)31-37(35,36)23-5-1-3-17-4-2-10-30-24(17)23/h1-12,15,22,29,31H,13-14,16H2. The van der Waals surface area contributed by atoms with Crippen LogP contribution in [0, 0.1) is 5.82 Å². The lowest BCUT2D eigenvalue weighted by Crippen LogP contribution is -2.57. The lowest BCUT2D eigenvalue weighted by molar-refractivity contribution is 0.0569. The molecule has 1 saturated heterocycles. The quantitative estimate of drug-likeness (QED) is 0.376. The third-order valence-corrected chi connectivity index (χ3v) is 7.51. The molecule has 1 atom stereocenters. The summed E-state index contributed by atoms with van der Waals surface area (Å²) in [4.78, 5) is 35.7. The highest BCUT2D eigenvalue weighted by Gasteiger charge is 2.33. The highest BCUT2D eigenvalue weighted by Crippen LogP contribution is 2.26. The molecule has 0 spiro atoms. The molecule has 1 amide bonds. The fourth-order valence-corrected chi connectivity index (χ4v) is 5.53. The molecule has 1 fully saturated rings. The monoisotopic (exact) mass is 519 g/mol. The second kappa shape index (κ2) is 10.0. The number of Topliss-reactive ketones (excluding diaryl/α,β-unsaturated/α-hetero) is 1. The van der Waals surface area contributed by atoms with Gasteiger partial charge in [0.05, 0.1) is 11.2 Å². The van der Waals surface area contributed by atoms with Gasteiger partial charge in [0.2, 0.25) is 0 Å². The Morgan fingerprint density at radius 1 is 1.00 bits per heavy atom. The van der Waals surface area contributed by atoms with Crippen molar-refractivity contribution in [2.24, 2.45) is 0 Å². The minimum Gasteiger partial charge on any atom is -0.326 e. The summed E-state index contributed by atoms with van der Waals surface area (Å²) in [6, 6.07) is 14.0. The zero-order chi connectivity index (χ0) is 26.0. The maximum absolute atomic E-state index is 15.1. The summed E-state index contributed by atoms with van der Waals surface area (Å²) in [5, 5.41) is 3.73. The van der Waals surface area contributed by atoms with Gasteiger partial charge in [0.1, 0.15) is 16.8 Å². The first-order chi connectivity index (χ1) is 17.8. The van der Waals surface area contributed by atoms with Crippen molar-refractivity contribution in [1.29, 1.82) is 0 Å². The Bertz CT molecular complexity index is 1590. The zero-order valence-electron chi connectivity index (χ0n) is 19.5. The molecule has 2 N–H and O–H groups in total. The van der Waals surface area contributed by atoms with E-state index < -0.39 is 27.8 Å². The second-order valence-electron chi connectivity index (χ2n) is 8.45. The number of hydrogen-bond acceptors (Lipinski definition) is 7. The van der Waals surface area contributed by atoms with E-state index in [9.17, 15) is 18.0 Å². The first-order valence-electron chi connectivity index (χ1n) is 11.5. The molecule has 1 aliphatic rings. The van der Waals surface area contributed by atoms with Gasteiger partial charge in [-0.3, -0.25) is 24.3 Å². The number of sulfonamides is 1. The number of fused-ring (bicyclic) bond motifs is 1. The molecule has 0 saturated carbocycles. The van der Waals surface area contributed by atoms with Crippen LogP contribution in [0.5, 0.6) is 0 Å². The Labute approximate surface area is 212 Å². The minimum atomic E-state index is -4.17. The lowest BCUT2D eigenvalue weighted by Gasteiger charge is -2.35. The second-order valence-corrected chi connectivity index (χ2v) is 10.1. The van der Waals surface area contributed by atoms with E-state index in [2.05, 4.69) is 20.0 Å². The Hall–Kier alpha value is -4.22. The molecule has 188 valence electrons. The predicted molar refractivity (Wildman–Crippen MR) is 135 cm³/mol. The summed E-state index contributed by atoms with van der Waals surface area (Å²) in [7, 11) is -4.17. The molecule has 37 heavy (non-hydrogen) atoms. The van der Waals surface area contributed by atoms with Crippen molar-refractivity contribution in [1.82, 2.24) is 20.2 Å². The van der Waals surface area contributed by atoms with Crippen LogP contribution < -0.4 is 10.0 Å². The van der Waals surface area contributed by atoms with Gasteiger partial charge >= 0.3 is 0 Å². The Morgan fingerprint density at radius 2 is 1.78 bits per heavy atom. The van der Waals surface area contributed by atoms with Crippen LogP contribution in [0.2, 0.25) is 0 Å². The highest BCUT2D eigenvalue weighted by atomic mass is 32.2. The van der Waals surface area contributed by atoms with Crippen LogP contribution in [0.3, 0.4) is 0 Å². The smallest absolute Gasteiger partial charge is 0.264 e. The summed E-state index contributed by atoms with van der Waals surface area (Å²) in [6.07, 6.45) is 4.48. The predicted octanol–water partition coefficient (Wildman–Crippen LogP) is 2.87. The molecule has 1 unspecified atom stereocenters. The van der Waals surface area contributed by atoms with Gasteiger partial charge in [-0.15, -0.1) is 0 Å². The normalized spacial score (nSPS) is 15.9. The number of pyridine rings is 2. The van der Waals surface area contributed by atoms with Crippen molar-refractivity contribution < 1.29 is 22.4 Å². The molecule has 3 heterocycles. The molecule has 1 aliphatic heterocycles. The summed E-state index contributed by atoms with van der Waals surface area (Å²) in [5.41, 5.74) is 0.365. The molecule has 4 aromatic rings. The maximum atomic E-state index is 15.1. The van der Waals surface area contributed by atoms with Crippen LogP contribution in [0.25, 0.3) is 10.9 Å². The summed E-state index contributed by atoms with van der Waals surface area (Å²) >= 11 is 0. The van der Waals surface area contributed by atoms with Crippen LogP contribution in [0.1, 0.15) is 20.7 Å². The number of carbonyl (C=O) groups is 2. The van der Waals surface area contributed by atoms with E-state index in [1.165, 1.54) is 41.7 Å². The Balaban J connectivity index is 1.39. The van der Waals surface area contributed by atoms with Crippen molar-refractivity contribution >= 4 is 38.3 Å². The van der Waals surface area contributed by atoms with Gasteiger partial charge in [-0.1, -0.05) is 18.2 Å². The third kappa shape index (κ3) is 4.91. The van der Waals surface area contributed by atoms with Crippen LogP contribution in [-0.2, 0) is 10.0 Å². The molecule has 0 aliphatic carbocycles. The molecule has 11 heteroatoms. The molecule has 9 nitrogen and oxygen atoms in total. The molecular formula is C26H22FN5O4S. The van der Waals surface area contributed by atoms with Crippen molar-refractivity contribution in [3.8, 4) is 0 Å². The number of para-hydroxylation sites is 1. The Kier molecular flexibility index (Phi) is 6.64. The van der Waals surface area contributed by atoms with Gasteiger partial charge in [-0.2, -0.15) is 0 Å². The average molecular weight is 520 g/mol. The number of rotatable bonds is 6. The number of hydrogen-bond donors (Lipinski definition) is 2. The molecule has 5 rings (SSSR count). The Morgan fingerprint density at radius 3 is 2.57 bits per heavy atom. The van der Waals surface area contributed by atoms with Gasteiger partial charge in [-0.05, 0) is 42.5 Å². The van der Waals surface area contributed by atoms with E-state index in [-0.39, 0.29) is 40.5 Å². The fraction of sp³-hybridized carbons (Fsp3) is 0.154. The number of halogens is 1. The molecular weight excluding hydrogens is 497 g/mol. The molecule has 2 aromatic carbocycles. The fourth-order valence-electron chi connectivity index (χ4n) is 4.28.